The molecule has 0 aromatic carbocycles. The van der Waals surface area contributed by atoms with Gasteiger partial charge in [0.05, 0.1) is 0 Å². The lowest BCUT2D eigenvalue weighted by Gasteiger charge is -1.93. The summed E-state index contributed by atoms with van der Waals surface area (Å²) in [6, 6.07) is 0. The molecule has 0 bridgehead atoms. The Morgan fingerprint density at radius 1 is 0.464 bits per heavy atom. The van der Waals surface area contributed by atoms with Gasteiger partial charge in [0.25, 0.3) is 0 Å². The van der Waals surface area contributed by atoms with E-state index < -0.39 is 0 Å². The van der Waals surface area contributed by atoms with E-state index in [1.807, 2.05) is 13.8 Å². The van der Waals surface area contributed by atoms with E-state index in [0.29, 0.717) is 0 Å². The van der Waals surface area contributed by atoms with Crippen LogP contribution in [0.3, 0.4) is 0 Å². The predicted molar refractivity (Wildman–Crippen MR) is 139 cm³/mol. The molecule has 0 rings (SSSR count). The molecule has 0 spiro atoms. The van der Waals surface area contributed by atoms with Crippen molar-refractivity contribution in [3.63, 3.8) is 0 Å². The zero-order valence-corrected chi connectivity index (χ0v) is 21.5. The van der Waals surface area contributed by atoms with Crippen molar-refractivity contribution in [2.24, 2.45) is 0 Å². The van der Waals surface area contributed by atoms with Crippen LogP contribution in [0.2, 0.25) is 0 Å². The largest absolute Gasteiger partial charge is 0.0988 e. The maximum atomic E-state index is 3.56. The van der Waals surface area contributed by atoms with Crippen LogP contribution in [0.15, 0.2) is 49.6 Å². The molecule has 0 aromatic rings. The number of allylic oxidation sites excluding steroid dienone is 4. The molecular weight excluding hydrogens is 336 g/mol. The van der Waals surface area contributed by atoms with Gasteiger partial charge in [-0.15, -0.1) is 0 Å². The Labute approximate surface area is 182 Å². The third kappa shape index (κ3) is 100. The second-order valence-electron chi connectivity index (χ2n) is 7.22. The molecule has 0 heteroatoms. The standard InChI is InChI=1S/C8H18.2C5H8.2C5H12/c1-3-5-7-8-6-4-2;2*1-4-5(2)3;2*1-3-5-4-2/h3-8H2,1-2H3;2*4H,1-2H2,3H3;2*3-5H2,1-2H3. The minimum absolute atomic E-state index is 1.02. The van der Waals surface area contributed by atoms with Crippen LogP contribution in [0.5, 0.6) is 0 Å². The predicted octanol–water partition coefficient (Wildman–Crippen LogP) is 11.3. The number of unbranched alkanes of at least 4 members (excludes halogenated alkanes) is 9. The summed E-state index contributed by atoms with van der Waals surface area (Å²) >= 11 is 0. The van der Waals surface area contributed by atoms with Gasteiger partial charge in [-0.1, -0.05) is 168 Å². The summed E-state index contributed by atoms with van der Waals surface area (Å²) in [6.45, 7) is 31.2. The molecule has 0 fully saturated rings. The number of rotatable bonds is 11. The Bertz CT molecular complexity index is 248. The van der Waals surface area contributed by atoms with Crippen LogP contribution in [0.1, 0.15) is 132 Å². The molecule has 0 N–H and O–H groups in total. The van der Waals surface area contributed by atoms with E-state index in [9.17, 15) is 0 Å². The van der Waals surface area contributed by atoms with Crippen molar-refractivity contribution in [2.45, 2.75) is 132 Å². The number of hydrogen-bond donors (Lipinski definition) is 0. The first-order chi connectivity index (χ1) is 13.3. The van der Waals surface area contributed by atoms with Gasteiger partial charge in [0, 0.05) is 0 Å². The van der Waals surface area contributed by atoms with Crippen LogP contribution >= 0.6 is 0 Å². The van der Waals surface area contributed by atoms with Crippen molar-refractivity contribution >= 4 is 0 Å². The molecule has 0 aliphatic heterocycles. The van der Waals surface area contributed by atoms with Crippen LogP contribution in [0, 0.1) is 0 Å². The monoisotopic (exact) mass is 394 g/mol. The van der Waals surface area contributed by atoms with E-state index in [4.69, 9.17) is 0 Å². The smallest absolute Gasteiger partial charge is 0.0404 e. The van der Waals surface area contributed by atoms with Gasteiger partial charge >= 0.3 is 0 Å². The van der Waals surface area contributed by atoms with Crippen LogP contribution in [-0.2, 0) is 0 Å². The Kier molecular flexibility index (Phi) is 60.5. The highest BCUT2D eigenvalue weighted by atomic mass is 13.9. The summed E-state index contributed by atoms with van der Waals surface area (Å²) in [6.07, 6.45) is 20.1. The molecule has 0 aliphatic carbocycles. The minimum Gasteiger partial charge on any atom is -0.0988 e. The van der Waals surface area contributed by atoms with Crippen molar-refractivity contribution in [2.75, 3.05) is 0 Å². The molecule has 28 heavy (non-hydrogen) atoms. The first kappa shape index (κ1) is 37.7. The summed E-state index contributed by atoms with van der Waals surface area (Å²) < 4.78 is 0. The van der Waals surface area contributed by atoms with Crippen molar-refractivity contribution in [1.29, 1.82) is 0 Å². The van der Waals surface area contributed by atoms with Crippen molar-refractivity contribution in [3.8, 4) is 0 Å². The second-order valence-corrected chi connectivity index (χ2v) is 7.22. The first-order valence-electron chi connectivity index (χ1n) is 11.8. The van der Waals surface area contributed by atoms with Gasteiger partial charge in [-0.3, -0.25) is 0 Å². The van der Waals surface area contributed by atoms with Crippen LogP contribution < -0.4 is 0 Å². The minimum atomic E-state index is 1.02. The maximum absolute atomic E-state index is 3.56. The fourth-order valence-electron chi connectivity index (χ4n) is 1.56. The summed E-state index contributed by atoms with van der Waals surface area (Å²) in [4.78, 5) is 0. The van der Waals surface area contributed by atoms with Crippen LogP contribution in [-0.4, -0.2) is 0 Å². The summed E-state index contributed by atoms with van der Waals surface area (Å²) in [7, 11) is 0. The second kappa shape index (κ2) is 45.0. The molecule has 0 radical (unpaired) electrons. The highest BCUT2D eigenvalue weighted by Crippen LogP contribution is 2.03. The Morgan fingerprint density at radius 3 is 0.714 bits per heavy atom. The Balaban J connectivity index is -0.0000000802. The lowest BCUT2D eigenvalue weighted by atomic mass is 10.1. The maximum Gasteiger partial charge on any atom is -0.0404 e. The molecule has 0 aliphatic rings. The van der Waals surface area contributed by atoms with E-state index in [0.717, 1.165) is 11.1 Å². The lowest BCUT2D eigenvalue weighted by molar-refractivity contribution is 0.624. The molecule has 0 aromatic heterocycles. The van der Waals surface area contributed by atoms with Crippen LogP contribution in [0.25, 0.3) is 0 Å². The van der Waals surface area contributed by atoms with E-state index >= 15 is 0 Å². The molecule has 0 atom stereocenters. The quantitative estimate of drug-likeness (QED) is 0.241. The summed E-state index contributed by atoms with van der Waals surface area (Å²) in [5.41, 5.74) is 2.04. The van der Waals surface area contributed by atoms with Crippen molar-refractivity contribution in [1.82, 2.24) is 0 Å². The fourth-order valence-corrected chi connectivity index (χ4v) is 1.56. The lowest BCUT2D eigenvalue weighted by Crippen LogP contribution is -1.73. The third-order valence-corrected chi connectivity index (χ3v) is 3.57. The molecule has 0 nitrogen and oxygen atoms in total. The topological polar surface area (TPSA) is 0 Å². The molecule has 0 amide bonds. The van der Waals surface area contributed by atoms with E-state index in [-0.39, 0.29) is 0 Å². The van der Waals surface area contributed by atoms with E-state index in [1.165, 1.54) is 77.0 Å². The van der Waals surface area contributed by atoms with Gasteiger partial charge in [-0.05, 0) is 13.8 Å². The van der Waals surface area contributed by atoms with E-state index in [1.54, 1.807) is 12.2 Å². The fraction of sp³-hybridized carbons (Fsp3) is 0.714. The summed E-state index contributed by atoms with van der Waals surface area (Å²) in [5, 5.41) is 0. The van der Waals surface area contributed by atoms with Gasteiger partial charge in [-0.25, -0.2) is 0 Å². The molecule has 0 heterocycles. The molecular formula is C28H58. The molecule has 170 valence electrons. The SMILES string of the molecule is C=CC(=C)C.C=CC(=C)C.CCCCC.CCCCC.CCCCCCCC. The first-order valence-corrected chi connectivity index (χ1v) is 11.8. The highest BCUT2D eigenvalue weighted by Gasteiger charge is 1.83. The molecule has 0 saturated heterocycles. The van der Waals surface area contributed by atoms with Crippen molar-refractivity contribution in [3.05, 3.63) is 49.6 Å². The van der Waals surface area contributed by atoms with E-state index in [2.05, 4.69) is 67.9 Å². The third-order valence-electron chi connectivity index (χ3n) is 3.57. The molecule has 0 unspecified atom stereocenters. The summed E-state index contributed by atoms with van der Waals surface area (Å²) in [5.74, 6) is 0. The van der Waals surface area contributed by atoms with Crippen LogP contribution in [0.4, 0.5) is 0 Å². The van der Waals surface area contributed by atoms with Gasteiger partial charge in [0.2, 0.25) is 0 Å². The normalized spacial score (nSPS) is 8.14. The van der Waals surface area contributed by atoms with Crippen molar-refractivity contribution < 1.29 is 0 Å². The molecule has 0 saturated carbocycles. The Hall–Kier alpha value is -1.04. The van der Waals surface area contributed by atoms with Gasteiger partial charge in [-0.2, -0.15) is 0 Å². The average Bonchev–Trinajstić information content (AvgIpc) is 2.68. The Morgan fingerprint density at radius 2 is 0.643 bits per heavy atom. The number of hydrogen-bond acceptors (Lipinski definition) is 0. The average molecular weight is 395 g/mol. The highest BCUT2D eigenvalue weighted by molar-refractivity contribution is 5.06. The zero-order valence-electron chi connectivity index (χ0n) is 21.5. The zero-order chi connectivity index (χ0) is 23.1. The van der Waals surface area contributed by atoms with Gasteiger partial charge in [0.15, 0.2) is 0 Å². The van der Waals surface area contributed by atoms with Gasteiger partial charge < -0.3 is 0 Å². The van der Waals surface area contributed by atoms with Gasteiger partial charge in [0.1, 0.15) is 0 Å².